The number of benzene rings is 1. The molecule has 0 aliphatic heterocycles. The van der Waals surface area contributed by atoms with Gasteiger partial charge in [-0.25, -0.2) is 13.9 Å². The van der Waals surface area contributed by atoms with E-state index in [1.54, 1.807) is 24.3 Å². The fraction of sp³-hybridized carbons (Fsp3) is 0.286. The molecule has 7 nitrogen and oxygen atoms in total. The van der Waals surface area contributed by atoms with E-state index < -0.39 is 11.2 Å². The number of carbonyl (C=O) groups excluding carboxylic acids is 2. The van der Waals surface area contributed by atoms with E-state index in [0.29, 0.717) is 48.3 Å². The van der Waals surface area contributed by atoms with Crippen molar-refractivity contribution in [3.8, 4) is 17.3 Å². The summed E-state index contributed by atoms with van der Waals surface area (Å²) in [5, 5.41) is 16.0. The minimum atomic E-state index is -0.632. The number of ketones is 1. The molecule has 0 atom stereocenters. The van der Waals surface area contributed by atoms with Crippen LogP contribution in [0.1, 0.15) is 38.2 Å². The Morgan fingerprint density at radius 3 is 2.72 bits per heavy atom. The minimum absolute atomic E-state index is 0.0483. The second-order valence-electron chi connectivity index (χ2n) is 7.52. The van der Waals surface area contributed by atoms with Crippen molar-refractivity contribution < 1.29 is 14.0 Å². The van der Waals surface area contributed by atoms with Crippen LogP contribution in [0.3, 0.4) is 0 Å². The third kappa shape index (κ3) is 3.47. The molecule has 146 valence electrons. The molecule has 1 aromatic carbocycles. The summed E-state index contributed by atoms with van der Waals surface area (Å²) in [5.74, 6) is -0.608. The van der Waals surface area contributed by atoms with Crippen molar-refractivity contribution in [2.24, 2.45) is 5.41 Å². The third-order valence-electron chi connectivity index (χ3n) is 5.48. The maximum atomic E-state index is 14.1. The number of pyridine rings is 1. The number of Topliss-reactive ketones (excluding diaryl/α,β-unsaturated/α-hetero) is 1. The van der Waals surface area contributed by atoms with E-state index in [9.17, 15) is 14.0 Å². The largest absolute Gasteiger partial charge is 0.325 e. The van der Waals surface area contributed by atoms with Crippen molar-refractivity contribution in [1.29, 1.82) is 5.26 Å². The molecule has 1 aliphatic carbocycles. The minimum Gasteiger partial charge on any atom is -0.325 e. The number of nitrogens with zero attached hydrogens (tertiary/aromatic N) is 4. The van der Waals surface area contributed by atoms with Gasteiger partial charge >= 0.3 is 0 Å². The predicted octanol–water partition coefficient (Wildman–Crippen LogP) is 3.49. The van der Waals surface area contributed by atoms with Gasteiger partial charge in [0.2, 0.25) is 5.91 Å². The summed E-state index contributed by atoms with van der Waals surface area (Å²) in [6.07, 6.45) is 3.21. The lowest BCUT2D eigenvalue weighted by molar-refractivity contribution is -0.130. The highest BCUT2D eigenvalue weighted by Crippen LogP contribution is 2.36. The summed E-state index contributed by atoms with van der Waals surface area (Å²) >= 11 is 0. The lowest BCUT2D eigenvalue weighted by atomic mass is 9.74. The lowest BCUT2D eigenvalue weighted by Gasteiger charge is -2.31. The van der Waals surface area contributed by atoms with Gasteiger partial charge in [-0.05, 0) is 31.0 Å². The molecule has 29 heavy (non-hydrogen) atoms. The van der Waals surface area contributed by atoms with Crippen molar-refractivity contribution in [3.63, 3.8) is 0 Å². The zero-order chi connectivity index (χ0) is 20.6. The zero-order valence-electron chi connectivity index (χ0n) is 15.8. The Bertz CT molecular complexity index is 1170. The lowest BCUT2D eigenvalue weighted by Crippen LogP contribution is -2.37. The van der Waals surface area contributed by atoms with E-state index in [1.807, 2.05) is 6.92 Å². The van der Waals surface area contributed by atoms with Crippen LogP contribution in [-0.4, -0.2) is 26.3 Å². The van der Waals surface area contributed by atoms with Crippen molar-refractivity contribution >= 4 is 23.0 Å². The first kappa shape index (κ1) is 18.7. The first-order valence-electron chi connectivity index (χ1n) is 9.27. The molecule has 1 saturated carbocycles. The molecule has 1 fully saturated rings. The molecule has 4 rings (SSSR count). The number of rotatable bonds is 3. The van der Waals surface area contributed by atoms with Gasteiger partial charge in [-0.3, -0.25) is 9.59 Å². The number of hydrogen-bond donors (Lipinski definition) is 1. The average Bonchev–Trinajstić information content (AvgIpc) is 3.18. The molecular formula is C21H18FN5O2. The topological polar surface area (TPSA) is 100 Å². The van der Waals surface area contributed by atoms with Gasteiger partial charge in [-0.2, -0.15) is 10.4 Å². The fourth-order valence-electron chi connectivity index (χ4n) is 3.56. The number of nitriles is 1. The summed E-state index contributed by atoms with van der Waals surface area (Å²) in [7, 11) is 0. The van der Waals surface area contributed by atoms with Gasteiger partial charge in [0.15, 0.2) is 5.65 Å². The maximum absolute atomic E-state index is 14.1. The Labute approximate surface area is 166 Å². The molecule has 0 saturated heterocycles. The Balaban J connectivity index is 1.70. The first-order chi connectivity index (χ1) is 13.9. The summed E-state index contributed by atoms with van der Waals surface area (Å²) < 4.78 is 15.7. The molecule has 0 radical (unpaired) electrons. The van der Waals surface area contributed by atoms with Crippen LogP contribution in [0, 0.1) is 22.6 Å². The number of amides is 1. The second-order valence-corrected chi connectivity index (χ2v) is 7.52. The first-order valence-corrected chi connectivity index (χ1v) is 9.27. The highest BCUT2D eigenvalue weighted by atomic mass is 19.1. The van der Waals surface area contributed by atoms with Crippen molar-refractivity contribution in [2.75, 3.05) is 5.32 Å². The van der Waals surface area contributed by atoms with Gasteiger partial charge in [0.05, 0.1) is 11.3 Å². The van der Waals surface area contributed by atoms with Crippen LogP contribution in [0.4, 0.5) is 10.1 Å². The van der Waals surface area contributed by atoms with E-state index in [4.69, 9.17) is 5.26 Å². The third-order valence-corrected chi connectivity index (χ3v) is 5.48. The molecule has 0 spiro atoms. The van der Waals surface area contributed by atoms with Crippen LogP contribution in [0.2, 0.25) is 0 Å². The number of halogens is 1. The van der Waals surface area contributed by atoms with E-state index >= 15 is 0 Å². The number of fused-ring (bicyclic) bond motifs is 1. The summed E-state index contributed by atoms with van der Waals surface area (Å²) in [5.41, 5.74) is 1.37. The van der Waals surface area contributed by atoms with E-state index in [2.05, 4.69) is 15.4 Å². The van der Waals surface area contributed by atoms with Gasteiger partial charge in [0.1, 0.15) is 24.0 Å². The van der Waals surface area contributed by atoms with Crippen LogP contribution < -0.4 is 5.32 Å². The second kappa shape index (κ2) is 7.09. The molecule has 1 aliphatic rings. The molecule has 2 heterocycles. The predicted molar refractivity (Wildman–Crippen MR) is 103 cm³/mol. The number of anilines is 1. The van der Waals surface area contributed by atoms with Gasteiger partial charge in [-0.1, -0.05) is 13.0 Å². The zero-order valence-corrected chi connectivity index (χ0v) is 15.8. The van der Waals surface area contributed by atoms with Crippen LogP contribution >= 0.6 is 0 Å². The molecule has 2 aromatic heterocycles. The molecular weight excluding hydrogens is 373 g/mol. The smallest absolute Gasteiger partial charge is 0.230 e. The average molecular weight is 391 g/mol. The molecule has 0 unspecified atom stereocenters. The number of aromatic nitrogens is 3. The monoisotopic (exact) mass is 391 g/mol. The number of nitrogens with one attached hydrogen (secondary N) is 1. The standard InChI is InChI=1S/C21H18FN5O2/c1-21(6-4-16(28)5-7-21)20(29)26-15-9-18(27-19(10-15)24-12-25-27)13-2-3-14(11-23)17(22)8-13/h2-3,8-10,12H,4-7H2,1H3,(H,26,29). The Morgan fingerprint density at radius 1 is 1.28 bits per heavy atom. The molecule has 3 aromatic rings. The molecule has 1 amide bonds. The van der Waals surface area contributed by atoms with Gasteiger partial charge in [0.25, 0.3) is 0 Å². The maximum Gasteiger partial charge on any atom is 0.230 e. The number of hydrogen-bond acceptors (Lipinski definition) is 5. The Kier molecular flexibility index (Phi) is 4.59. The van der Waals surface area contributed by atoms with E-state index in [0.717, 1.165) is 0 Å². The Hall–Kier alpha value is -3.60. The highest BCUT2D eigenvalue weighted by Gasteiger charge is 2.37. The van der Waals surface area contributed by atoms with Crippen molar-refractivity contribution in [3.05, 3.63) is 48.0 Å². The Morgan fingerprint density at radius 2 is 2.03 bits per heavy atom. The summed E-state index contributed by atoms with van der Waals surface area (Å²) in [4.78, 5) is 28.6. The normalized spacial score (nSPS) is 15.8. The fourth-order valence-corrected chi connectivity index (χ4v) is 3.56. The highest BCUT2D eigenvalue weighted by molar-refractivity contribution is 5.97. The van der Waals surface area contributed by atoms with Crippen LogP contribution in [0.15, 0.2) is 36.7 Å². The van der Waals surface area contributed by atoms with Crippen LogP contribution in [-0.2, 0) is 9.59 Å². The summed E-state index contributed by atoms with van der Waals surface area (Å²) in [6.45, 7) is 1.86. The van der Waals surface area contributed by atoms with E-state index in [-0.39, 0.29) is 17.3 Å². The van der Waals surface area contributed by atoms with Gasteiger partial charge < -0.3 is 5.32 Å². The summed E-state index contributed by atoms with van der Waals surface area (Å²) in [6, 6.07) is 9.46. The van der Waals surface area contributed by atoms with Gasteiger partial charge in [0, 0.05) is 35.6 Å². The van der Waals surface area contributed by atoms with E-state index in [1.165, 1.54) is 23.0 Å². The molecule has 1 N–H and O–H groups in total. The number of carbonyl (C=O) groups is 2. The quantitative estimate of drug-likeness (QED) is 0.737. The van der Waals surface area contributed by atoms with Crippen LogP contribution in [0.5, 0.6) is 0 Å². The van der Waals surface area contributed by atoms with Crippen LogP contribution in [0.25, 0.3) is 16.9 Å². The van der Waals surface area contributed by atoms with Crippen molar-refractivity contribution in [1.82, 2.24) is 14.6 Å². The molecule has 0 bridgehead atoms. The van der Waals surface area contributed by atoms with Crippen molar-refractivity contribution in [2.45, 2.75) is 32.6 Å². The molecule has 8 heteroatoms. The van der Waals surface area contributed by atoms with Gasteiger partial charge in [-0.15, -0.1) is 0 Å². The SMILES string of the molecule is CC1(C(=O)Nc2cc(-c3ccc(C#N)c(F)c3)n3ncnc3c2)CCC(=O)CC1.